The Morgan fingerprint density at radius 2 is 1.97 bits per heavy atom. The second kappa shape index (κ2) is 9.97. The molecule has 8 heteroatoms. The molecule has 0 bridgehead atoms. The number of aromatic nitrogens is 1. The third-order valence-corrected chi connectivity index (χ3v) is 4.55. The monoisotopic (exact) mass is 400 g/mol. The van der Waals surface area contributed by atoms with Gasteiger partial charge in [-0.15, -0.1) is 0 Å². The molecular formula is C21H28N4O4. The van der Waals surface area contributed by atoms with Crippen molar-refractivity contribution in [2.24, 2.45) is 12.8 Å². The number of ketones is 1. The first-order valence-electron chi connectivity index (χ1n) is 9.55. The van der Waals surface area contributed by atoms with Crippen LogP contribution in [0.25, 0.3) is 10.9 Å². The van der Waals surface area contributed by atoms with Crippen LogP contribution in [-0.4, -0.2) is 46.6 Å². The van der Waals surface area contributed by atoms with Crippen molar-refractivity contribution in [1.29, 1.82) is 5.41 Å². The lowest BCUT2D eigenvalue weighted by atomic mass is 10.0. The van der Waals surface area contributed by atoms with Crippen molar-refractivity contribution in [2.75, 3.05) is 0 Å². The van der Waals surface area contributed by atoms with Gasteiger partial charge in [0, 0.05) is 30.6 Å². The van der Waals surface area contributed by atoms with E-state index >= 15 is 0 Å². The molecule has 1 amide bonds. The minimum Gasteiger partial charge on any atom is -0.461 e. The van der Waals surface area contributed by atoms with Crippen molar-refractivity contribution in [3.8, 4) is 0 Å². The summed E-state index contributed by atoms with van der Waals surface area (Å²) in [6.45, 7) is 3.40. The number of carbonyl (C=O) groups excluding carboxylic acids is 3. The maximum atomic E-state index is 12.6. The van der Waals surface area contributed by atoms with Gasteiger partial charge in [-0.25, -0.2) is 4.79 Å². The minimum absolute atomic E-state index is 0.0415. The molecule has 0 saturated heterocycles. The Balaban J connectivity index is 2.08. The Morgan fingerprint density at radius 3 is 2.62 bits per heavy atom. The van der Waals surface area contributed by atoms with Gasteiger partial charge < -0.3 is 25.8 Å². The molecule has 0 aliphatic rings. The molecule has 156 valence electrons. The number of amides is 1. The average Bonchev–Trinajstić information content (AvgIpc) is 2.99. The fraction of sp³-hybridized carbons (Fsp3) is 0.429. The zero-order chi connectivity index (χ0) is 21.6. The fourth-order valence-corrected chi connectivity index (χ4v) is 3.12. The third kappa shape index (κ3) is 5.99. The number of aryl methyl sites for hydroxylation is 1. The van der Waals surface area contributed by atoms with Crippen molar-refractivity contribution >= 4 is 34.8 Å². The smallest absolute Gasteiger partial charge is 0.328 e. The van der Waals surface area contributed by atoms with Crippen molar-refractivity contribution in [3.05, 3.63) is 36.0 Å². The van der Waals surface area contributed by atoms with Gasteiger partial charge in [0.05, 0.1) is 18.4 Å². The van der Waals surface area contributed by atoms with E-state index in [4.69, 9.17) is 15.9 Å². The summed E-state index contributed by atoms with van der Waals surface area (Å²) in [4.78, 5) is 36.3. The van der Waals surface area contributed by atoms with Crippen molar-refractivity contribution in [1.82, 2.24) is 9.88 Å². The zero-order valence-electron chi connectivity index (χ0n) is 17.0. The van der Waals surface area contributed by atoms with E-state index in [1.54, 1.807) is 13.8 Å². The normalized spacial score (nSPS) is 13.1. The number of Topliss-reactive ketones (excluding diaryl/α,β-unsaturated/α-hetero) is 1. The molecule has 0 radical (unpaired) electrons. The number of esters is 1. The molecule has 0 fully saturated rings. The van der Waals surface area contributed by atoms with Crippen molar-refractivity contribution in [3.63, 3.8) is 0 Å². The highest BCUT2D eigenvalue weighted by Gasteiger charge is 2.26. The van der Waals surface area contributed by atoms with Crippen LogP contribution in [0.15, 0.2) is 30.5 Å². The summed E-state index contributed by atoms with van der Waals surface area (Å²) in [7, 11) is 1.93. The summed E-state index contributed by atoms with van der Waals surface area (Å²) >= 11 is 0. The second-order valence-electron chi connectivity index (χ2n) is 7.29. The van der Waals surface area contributed by atoms with Gasteiger partial charge in [0.25, 0.3) is 0 Å². The number of fused-ring (bicyclic) bond motifs is 1. The summed E-state index contributed by atoms with van der Waals surface area (Å²) in [5, 5.41) is 10.6. The Kier molecular flexibility index (Phi) is 7.67. The maximum Gasteiger partial charge on any atom is 0.328 e. The average molecular weight is 400 g/mol. The topological polar surface area (TPSA) is 127 Å². The lowest BCUT2D eigenvalue weighted by Crippen LogP contribution is -2.50. The van der Waals surface area contributed by atoms with Crippen LogP contribution < -0.4 is 11.1 Å². The number of rotatable bonds is 10. The Labute approximate surface area is 169 Å². The number of para-hydroxylation sites is 1. The largest absolute Gasteiger partial charge is 0.461 e. The molecule has 0 aliphatic carbocycles. The van der Waals surface area contributed by atoms with E-state index in [0.717, 1.165) is 16.5 Å². The predicted octanol–water partition coefficient (Wildman–Crippen LogP) is 1.48. The summed E-state index contributed by atoms with van der Waals surface area (Å²) in [6.07, 6.45) is 2.58. The van der Waals surface area contributed by atoms with Crippen molar-refractivity contribution in [2.45, 2.75) is 51.3 Å². The van der Waals surface area contributed by atoms with Gasteiger partial charge in [0.1, 0.15) is 6.04 Å². The SMILES string of the molecule is CC(C)OC(=O)C(CCC(=O)C=N)NC(=O)C(N)Cc1cn(C)c2ccccc12. The number of nitrogens with two attached hydrogens (primary N) is 1. The number of ether oxygens (including phenoxy) is 1. The van der Waals surface area contributed by atoms with Gasteiger partial charge in [-0.1, -0.05) is 18.2 Å². The van der Waals surface area contributed by atoms with Gasteiger partial charge in [0.2, 0.25) is 5.91 Å². The third-order valence-electron chi connectivity index (χ3n) is 4.55. The molecule has 2 rings (SSSR count). The second-order valence-corrected chi connectivity index (χ2v) is 7.29. The van der Waals surface area contributed by atoms with Gasteiger partial charge in [0.15, 0.2) is 5.78 Å². The van der Waals surface area contributed by atoms with E-state index in [1.807, 2.05) is 42.1 Å². The van der Waals surface area contributed by atoms with Crippen LogP contribution in [0.5, 0.6) is 0 Å². The highest BCUT2D eigenvalue weighted by atomic mass is 16.5. The molecule has 8 nitrogen and oxygen atoms in total. The lowest BCUT2D eigenvalue weighted by molar-refractivity contribution is -0.151. The molecule has 2 aromatic rings. The highest BCUT2D eigenvalue weighted by molar-refractivity contribution is 6.26. The molecule has 1 aromatic carbocycles. The molecule has 0 spiro atoms. The Hall–Kier alpha value is -3.00. The van der Waals surface area contributed by atoms with Gasteiger partial charge in [-0.05, 0) is 38.3 Å². The van der Waals surface area contributed by atoms with E-state index in [0.29, 0.717) is 12.6 Å². The van der Waals surface area contributed by atoms with E-state index < -0.39 is 29.7 Å². The number of benzene rings is 1. The van der Waals surface area contributed by atoms with Gasteiger partial charge in [-0.3, -0.25) is 9.59 Å². The zero-order valence-corrected chi connectivity index (χ0v) is 17.0. The van der Waals surface area contributed by atoms with Crippen molar-refractivity contribution < 1.29 is 19.1 Å². The van der Waals surface area contributed by atoms with Gasteiger partial charge in [-0.2, -0.15) is 0 Å². The summed E-state index contributed by atoms with van der Waals surface area (Å²) in [5.74, 6) is -1.55. The van der Waals surface area contributed by atoms with Crippen LogP contribution in [-0.2, 0) is 32.6 Å². The van der Waals surface area contributed by atoms with Crippen LogP contribution >= 0.6 is 0 Å². The molecule has 2 unspecified atom stereocenters. The molecule has 0 aliphatic heterocycles. The lowest BCUT2D eigenvalue weighted by Gasteiger charge is -2.20. The van der Waals surface area contributed by atoms with E-state index in [1.165, 1.54) is 0 Å². The molecular weight excluding hydrogens is 372 g/mol. The molecule has 29 heavy (non-hydrogen) atoms. The quantitative estimate of drug-likeness (QED) is 0.411. The minimum atomic E-state index is -0.993. The van der Waals surface area contributed by atoms with Crippen LogP contribution in [0, 0.1) is 5.41 Å². The Morgan fingerprint density at radius 1 is 1.28 bits per heavy atom. The first-order chi connectivity index (χ1) is 13.7. The summed E-state index contributed by atoms with van der Waals surface area (Å²) in [5.41, 5.74) is 8.08. The summed E-state index contributed by atoms with van der Waals surface area (Å²) < 4.78 is 7.15. The predicted molar refractivity (Wildman–Crippen MR) is 111 cm³/mol. The standard InChI is InChI=1S/C21H28N4O4/c1-13(2)29-21(28)18(9-8-15(26)11-22)24-20(27)17(23)10-14-12-25(3)19-7-5-4-6-16(14)19/h4-7,11-13,17-18,22H,8-10,23H2,1-3H3,(H,24,27). The number of nitrogens with one attached hydrogen (secondary N) is 2. The van der Waals surface area contributed by atoms with Crippen LogP contribution in [0.4, 0.5) is 0 Å². The highest BCUT2D eigenvalue weighted by Crippen LogP contribution is 2.21. The first kappa shape index (κ1) is 22.3. The molecule has 0 saturated carbocycles. The fourth-order valence-electron chi connectivity index (χ4n) is 3.12. The molecule has 1 aromatic heterocycles. The number of hydrogen-bond donors (Lipinski definition) is 3. The Bertz CT molecular complexity index is 903. The van der Waals surface area contributed by atoms with Gasteiger partial charge >= 0.3 is 5.97 Å². The van der Waals surface area contributed by atoms with Crippen LogP contribution in [0.1, 0.15) is 32.3 Å². The molecule has 1 heterocycles. The number of carbonyl (C=O) groups is 3. The number of nitrogens with zero attached hydrogens (tertiary/aromatic N) is 1. The van der Waals surface area contributed by atoms with E-state index in [-0.39, 0.29) is 18.9 Å². The first-order valence-corrected chi connectivity index (χ1v) is 9.55. The number of hydrogen-bond acceptors (Lipinski definition) is 6. The van der Waals surface area contributed by atoms with E-state index in [9.17, 15) is 14.4 Å². The van der Waals surface area contributed by atoms with Crippen LogP contribution in [0.3, 0.4) is 0 Å². The maximum absolute atomic E-state index is 12.6. The molecule has 4 N–H and O–H groups in total. The van der Waals surface area contributed by atoms with Crippen LogP contribution in [0.2, 0.25) is 0 Å². The molecule has 2 atom stereocenters. The summed E-state index contributed by atoms with van der Waals surface area (Å²) in [6, 6.07) is 5.97. The van der Waals surface area contributed by atoms with E-state index in [2.05, 4.69) is 5.32 Å².